The molecule has 0 spiro atoms. The predicted octanol–water partition coefficient (Wildman–Crippen LogP) is 8.13. The van der Waals surface area contributed by atoms with Crippen LogP contribution < -0.4 is 10.1 Å². The van der Waals surface area contributed by atoms with Crippen LogP contribution in [0.2, 0.25) is 15.1 Å². The van der Waals surface area contributed by atoms with Crippen LogP contribution in [0.25, 0.3) is 0 Å². The van der Waals surface area contributed by atoms with Gasteiger partial charge in [-0.25, -0.2) is 4.68 Å². The number of Topliss-reactive ketones (excluding diaryl/α,β-unsaturated/α-hetero) is 1. The second-order valence-electron chi connectivity index (χ2n) is 9.33. The molecule has 198 valence electrons. The Balaban J connectivity index is 1.26. The van der Waals surface area contributed by atoms with Crippen LogP contribution in [0, 0.1) is 0 Å². The van der Waals surface area contributed by atoms with Gasteiger partial charge < -0.3 is 10.1 Å². The Morgan fingerprint density at radius 1 is 0.974 bits per heavy atom. The zero-order valence-electron chi connectivity index (χ0n) is 20.7. The molecular weight excluding hydrogens is 575 g/mol. The van der Waals surface area contributed by atoms with E-state index in [9.17, 15) is 4.79 Å². The number of carbonyl (C=O) groups is 1. The summed E-state index contributed by atoms with van der Waals surface area (Å²) in [6, 6.07) is 20.5. The van der Waals surface area contributed by atoms with Gasteiger partial charge in [0.2, 0.25) is 11.1 Å². The van der Waals surface area contributed by atoms with E-state index in [1.54, 1.807) is 12.1 Å². The maximum Gasteiger partial charge on any atom is 0.227 e. The highest BCUT2D eigenvalue weighted by Gasteiger charge is 2.36. The molecule has 3 aromatic carbocycles. The Morgan fingerprint density at radius 2 is 1.79 bits per heavy atom. The zero-order valence-corrected chi connectivity index (χ0v) is 23.7. The van der Waals surface area contributed by atoms with Crippen molar-refractivity contribution in [3.05, 3.63) is 110 Å². The van der Waals surface area contributed by atoms with Crippen LogP contribution in [0.15, 0.2) is 83.2 Å². The van der Waals surface area contributed by atoms with Crippen LogP contribution in [-0.2, 0) is 17.2 Å². The fraction of sp³-hybridized carbons (Fsp3) is 0.207. The van der Waals surface area contributed by atoms with E-state index in [-0.39, 0.29) is 11.8 Å². The number of thioether (sulfide) groups is 1. The van der Waals surface area contributed by atoms with Crippen molar-refractivity contribution >= 4 is 58.3 Å². The number of aromatic nitrogens is 3. The summed E-state index contributed by atoms with van der Waals surface area (Å²) >= 11 is 20.1. The Labute approximate surface area is 245 Å². The van der Waals surface area contributed by atoms with E-state index >= 15 is 0 Å². The fourth-order valence-electron chi connectivity index (χ4n) is 4.81. The molecule has 0 saturated heterocycles. The topological polar surface area (TPSA) is 69.0 Å². The van der Waals surface area contributed by atoms with E-state index in [4.69, 9.17) is 49.6 Å². The van der Waals surface area contributed by atoms with Gasteiger partial charge >= 0.3 is 0 Å². The standard InChI is InChI=1S/C29H23Cl3N4O2S/c30-20-11-8-18(23(32)14-20)15-38-21-12-9-17(10-13-21)27-26-24(6-3-7-25(26)37)33-28-34-29(35-36(27)28)39-16-19-4-1-2-5-22(19)31/h1-2,4-5,8-14,27H,3,6-7,15-16H2,(H,33,34,35). The first-order valence-electron chi connectivity index (χ1n) is 12.5. The minimum Gasteiger partial charge on any atom is -0.489 e. The number of fused-ring (bicyclic) bond motifs is 1. The third-order valence-electron chi connectivity index (χ3n) is 6.77. The summed E-state index contributed by atoms with van der Waals surface area (Å²) in [5, 5.41) is 10.7. The van der Waals surface area contributed by atoms with E-state index in [2.05, 4.69) is 5.32 Å². The molecule has 1 atom stereocenters. The molecule has 1 unspecified atom stereocenters. The van der Waals surface area contributed by atoms with Crippen LogP contribution in [0.5, 0.6) is 5.75 Å². The molecule has 39 heavy (non-hydrogen) atoms. The minimum absolute atomic E-state index is 0.137. The molecule has 1 N–H and O–H groups in total. The highest BCUT2D eigenvalue weighted by atomic mass is 35.5. The Kier molecular flexibility index (Phi) is 7.58. The van der Waals surface area contributed by atoms with Crippen molar-refractivity contribution in [1.82, 2.24) is 14.8 Å². The van der Waals surface area contributed by atoms with Gasteiger partial charge in [-0.1, -0.05) is 83.0 Å². The molecule has 6 rings (SSSR count). The molecule has 6 nitrogen and oxygen atoms in total. The van der Waals surface area contributed by atoms with Crippen molar-refractivity contribution in [2.75, 3.05) is 5.32 Å². The molecule has 2 aliphatic rings. The van der Waals surface area contributed by atoms with Crippen molar-refractivity contribution < 1.29 is 9.53 Å². The number of allylic oxidation sites excluding steroid dienone is 2. The average Bonchev–Trinajstić information content (AvgIpc) is 3.34. The van der Waals surface area contributed by atoms with Gasteiger partial charge in [0.15, 0.2) is 5.78 Å². The lowest BCUT2D eigenvalue weighted by Gasteiger charge is -2.32. The van der Waals surface area contributed by atoms with E-state index in [1.165, 1.54) is 11.8 Å². The van der Waals surface area contributed by atoms with Gasteiger partial charge in [0.05, 0.1) is 0 Å². The third-order valence-corrected chi connectivity index (χ3v) is 8.61. The number of ketones is 1. The van der Waals surface area contributed by atoms with Crippen LogP contribution in [0.1, 0.15) is 42.0 Å². The van der Waals surface area contributed by atoms with Crippen molar-refractivity contribution in [2.24, 2.45) is 0 Å². The van der Waals surface area contributed by atoms with Crippen LogP contribution in [-0.4, -0.2) is 20.5 Å². The number of nitrogens with one attached hydrogen (secondary N) is 1. The summed E-state index contributed by atoms with van der Waals surface area (Å²) in [6.07, 6.45) is 2.15. The minimum atomic E-state index is -0.369. The number of hydrogen-bond acceptors (Lipinski definition) is 6. The summed E-state index contributed by atoms with van der Waals surface area (Å²) in [4.78, 5) is 17.9. The zero-order chi connectivity index (χ0) is 26.9. The normalized spacial score (nSPS) is 16.5. The number of nitrogens with zero attached hydrogens (tertiary/aromatic N) is 3. The van der Waals surface area contributed by atoms with E-state index in [0.717, 1.165) is 40.8 Å². The number of hydrogen-bond donors (Lipinski definition) is 1. The Bertz CT molecular complexity index is 1590. The van der Waals surface area contributed by atoms with Crippen molar-refractivity contribution in [3.8, 4) is 5.75 Å². The summed E-state index contributed by atoms with van der Waals surface area (Å²) in [6.45, 7) is 0.315. The molecule has 10 heteroatoms. The molecule has 1 aliphatic heterocycles. The predicted molar refractivity (Wildman–Crippen MR) is 156 cm³/mol. The molecule has 4 aromatic rings. The number of halogens is 3. The van der Waals surface area contributed by atoms with Gasteiger partial charge in [0, 0.05) is 44.1 Å². The number of anilines is 1. The van der Waals surface area contributed by atoms with E-state index < -0.39 is 0 Å². The van der Waals surface area contributed by atoms with Gasteiger partial charge in [-0.15, -0.1) is 5.10 Å². The van der Waals surface area contributed by atoms with Gasteiger partial charge in [-0.05, 0) is 54.3 Å². The molecule has 0 amide bonds. The van der Waals surface area contributed by atoms with Crippen molar-refractivity contribution in [1.29, 1.82) is 0 Å². The van der Waals surface area contributed by atoms with Crippen LogP contribution in [0.4, 0.5) is 5.95 Å². The average molecular weight is 598 g/mol. The number of benzene rings is 3. The lowest BCUT2D eigenvalue weighted by molar-refractivity contribution is -0.116. The largest absolute Gasteiger partial charge is 0.489 e. The maximum atomic E-state index is 13.1. The molecular formula is C29H23Cl3N4O2S. The second kappa shape index (κ2) is 11.3. The summed E-state index contributed by atoms with van der Waals surface area (Å²) in [5.74, 6) is 2.10. The first kappa shape index (κ1) is 26.3. The Hall–Kier alpha value is -2.97. The van der Waals surface area contributed by atoms with E-state index in [0.29, 0.717) is 50.7 Å². The van der Waals surface area contributed by atoms with Crippen molar-refractivity contribution in [2.45, 2.75) is 42.8 Å². The van der Waals surface area contributed by atoms with Gasteiger partial charge in [-0.2, -0.15) is 4.98 Å². The molecule has 0 saturated carbocycles. The molecule has 1 aromatic heterocycles. The number of rotatable bonds is 7. The quantitative estimate of drug-likeness (QED) is 0.217. The van der Waals surface area contributed by atoms with E-state index in [1.807, 2.05) is 59.3 Å². The molecule has 0 fully saturated rings. The monoisotopic (exact) mass is 596 g/mol. The number of ether oxygens (including phenoxy) is 1. The Morgan fingerprint density at radius 3 is 2.59 bits per heavy atom. The SMILES string of the molecule is O=C1CCCC2=C1C(c1ccc(OCc3ccc(Cl)cc3Cl)cc1)n1nc(SCc3ccccc3Cl)nc1N2. The lowest BCUT2D eigenvalue weighted by Crippen LogP contribution is -2.31. The van der Waals surface area contributed by atoms with Gasteiger partial charge in [-0.3, -0.25) is 4.79 Å². The lowest BCUT2D eigenvalue weighted by atomic mass is 9.85. The second-order valence-corrected chi connectivity index (χ2v) is 11.5. The number of carbonyl (C=O) groups excluding carboxylic acids is 1. The van der Waals surface area contributed by atoms with Crippen molar-refractivity contribution in [3.63, 3.8) is 0 Å². The highest BCUT2D eigenvalue weighted by molar-refractivity contribution is 7.98. The maximum absolute atomic E-state index is 13.1. The van der Waals surface area contributed by atoms with Gasteiger partial charge in [0.1, 0.15) is 18.4 Å². The van der Waals surface area contributed by atoms with Crippen LogP contribution >= 0.6 is 46.6 Å². The first-order valence-corrected chi connectivity index (χ1v) is 14.6. The summed E-state index contributed by atoms with van der Waals surface area (Å²) in [7, 11) is 0. The first-order chi connectivity index (χ1) is 19.0. The highest BCUT2D eigenvalue weighted by Crippen LogP contribution is 2.41. The summed E-state index contributed by atoms with van der Waals surface area (Å²) < 4.78 is 7.79. The third kappa shape index (κ3) is 5.54. The molecule has 1 aliphatic carbocycles. The van der Waals surface area contributed by atoms with Crippen LogP contribution in [0.3, 0.4) is 0 Å². The van der Waals surface area contributed by atoms with Gasteiger partial charge in [0.25, 0.3) is 0 Å². The molecule has 0 radical (unpaired) electrons. The molecule has 2 heterocycles. The fourth-order valence-corrected chi connectivity index (χ4v) is 6.39. The molecule has 0 bridgehead atoms. The smallest absolute Gasteiger partial charge is 0.227 e. The summed E-state index contributed by atoms with van der Waals surface area (Å²) in [5.41, 5.74) is 4.48.